The highest BCUT2D eigenvalue weighted by atomic mass is 16.4. The third-order valence-electron chi connectivity index (χ3n) is 1.29. The van der Waals surface area contributed by atoms with Crippen molar-refractivity contribution in [1.82, 2.24) is 9.97 Å². The minimum absolute atomic E-state index is 0.407. The SMILES string of the molecule is N#Cc1nc(O)c(C(=O)O)nc1C#N. The van der Waals surface area contributed by atoms with Crippen molar-refractivity contribution >= 4 is 5.97 Å². The number of rotatable bonds is 1. The molecule has 0 spiro atoms. The first kappa shape index (κ1) is 9.42. The number of aromatic carboxylic acids is 1. The van der Waals surface area contributed by atoms with Gasteiger partial charge in [0.2, 0.25) is 11.6 Å². The molecule has 0 amide bonds. The Labute approximate surface area is 77.5 Å². The van der Waals surface area contributed by atoms with E-state index >= 15 is 0 Å². The Kier molecular flexibility index (Phi) is 2.27. The fourth-order valence-corrected chi connectivity index (χ4v) is 0.726. The van der Waals surface area contributed by atoms with Crippen molar-refractivity contribution in [3.8, 4) is 18.0 Å². The number of hydrogen-bond donors (Lipinski definition) is 2. The standard InChI is InChI=1S/C7H2N4O3/c8-1-3-4(2-9)11-6(12)5(10-3)7(13)14/h(H,11,12)(H,13,14). The molecule has 68 valence electrons. The minimum atomic E-state index is -1.52. The van der Waals surface area contributed by atoms with E-state index in [1.54, 1.807) is 0 Å². The van der Waals surface area contributed by atoms with Crippen LogP contribution >= 0.6 is 0 Å². The largest absolute Gasteiger partial charge is 0.492 e. The number of nitrogens with zero attached hydrogens (tertiary/aromatic N) is 4. The quantitative estimate of drug-likeness (QED) is 0.617. The molecule has 0 unspecified atom stereocenters. The van der Waals surface area contributed by atoms with Crippen molar-refractivity contribution in [2.75, 3.05) is 0 Å². The molecule has 0 radical (unpaired) electrons. The third-order valence-corrected chi connectivity index (χ3v) is 1.29. The fraction of sp³-hybridized carbons (Fsp3) is 0. The molecule has 0 bridgehead atoms. The predicted molar refractivity (Wildman–Crippen MR) is 40.1 cm³/mol. The zero-order valence-corrected chi connectivity index (χ0v) is 6.59. The number of nitriles is 2. The molecule has 0 saturated heterocycles. The monoisotopic (exact) mass is 190 g/mol. The number of hydrogen-bond acceptors (Lipinski definition) is 6. The molecule has 0 atom stereocenters. The second-order valence-electron chi connectivity index (χ2n) is 2.12. The van der Waals surface area contributed by atoms with Crippen LogP contribution in [0.1, 0.15) is 21.9 Å². The summed E-state index contributed by atoms with van der Waals surface area (Å²) >= 11 is 0. The van der Waals surface area contributed by atoms with Crippen molar-refractivity contribution < 1.29 is 15.0 Å². The Morgan fingerprint density at radius 3 is 2.14 bits per heavy atom. The van der Waals surface area contributed by atoms with Crippen LogP contribution in [0.4, 0.5) is 0 Å². The molecule has 0 aliphatic rings. The minimum Gasteiger partial charge on any atom is -0.492 e. The van der Waals surface area contributed by atoms with E-state index in [2.05, 4.69) is 9.97 Å². The zero-order valence-electron chi connectivity index (χ0n) is 6.59. The zero-order chi connectivity index (χ0) is 10.7. The highest BCUT2D eigenvalue weighted by molar-refractivity contribution is 5.87. The van der Waals surface area contributed by atoms with Gasteiger partial charge in [0.1, 0.15) is 12.1 Å². The summed E-state index contributed by atoms with van der Waals surface area (Å²) in [4.78, 5) is 16.9. The molecule has 1 rings (SSSR count). The Morgan fingerprint density at radius 1 is 1.21 bits per heavy atom. The molecule has 1 aromatic rings. The van der Waals surface area contributed by atoms with Crippen LogP contribution in [0.25, 0.3) is 0 Å². The highest BCUT2D eigenvalue weighted by Crippen LogP contribution is 2.13. The van der Waals surface area contributed by atoms with Gasteiger partial charge in [0.15, 0.2) is 11.4 Å². The second kappa shape index (κ2) is 3.37. The Bertz CT molecular complexity index is 483. The number of aromatic nitrogens is 2. The predicted octanol–water partition coefficient (Wildman–Crippen LogP) is -0.376. The average Bonchev–Trinajstić information content (AvgIpc) is 2.16. The highest BCUT2D eigenvalue weighted by Gasteiger charge is 2.17. The van der Waals surface area contributed by atoms with Gasteiger partial charge < -0.3 is 10.2 Å². The van der Waals surface area contributed by atoms with Crippen LogP contribution in [-0.4, -0.2) is 26.2 Å². The van der Waals surface area contributed by atoms with E-state index in [0.29, 0.717) is 0 Å². The summed E-state index contributed by atoms with van der Waals surface area (Å²) < 4.78 is 0. The third kappa shape index (κ3) is 1.42. The second-order valence-corrected chi connectivity index (χ2v) is 2.12. The summed E-state index contributed by atoms with van der Waals surface area (Å²) in [5, 5.41) is 34.4. The van der Waals surface area contributed by atoms with E-state index in [0.717, 1.165) is 0 Å². The lowest BCUT2D eigenvalue weighted by Gasteiger charge is -1.98. The van der Waals surface area contributed by atoms with Gasteiger partial charge in [-0.05, 0) is 0 Å². The van der Waals surface area contributed by atoms with Gasteiger partial charge >= 0.3 is 5.97 Å². The van der Waals surface area contributed by atoms with Crippen molar-refractivity contribution in [3.05, 3.63) is 17.1 Å². The molecule has 1 aromatic heterocycles. The molecule has 2 N–H and O–H groups in total. The van der Waals surface area contributed by atoms with Gasteiger partial charge in [-0.15, -0.1) is 0 Å². The van der Waals surface area contributed by atoms with Crippen molar-refractivity contribution in [2.24, 2.45) is 0 Å². The molecule has 0 aliphatic carbocycles. The average molecular weight is 190 g/mol. The first-order chi connectivity index (χ1) is 6.60. The van der Waals surface area contributed by atoms with Gasteiger partial charge in [0.05, 0.1) is 0 Å². The fourth-order valence-electron chi connectivity index (χ4n) is 0.726. The van der Waals surface area contributed by atoms with Crippen LogP contribution in [0.2, 0.25) is 0 Å². The summed E-state index contributed by atoms with van der Waals surface area (Å²) in [6.45, 7) is 0. The van der Waals surface area contributed by atoms with E-state index in [1.807, 2.05) is 0 Å². The van der Waals surface area contributed by atoms with E-state index in [1.165, 1.54) is 12.1 Å². The topological polar surface area (TPSA) is 131 Å². The van der Waals surface area contributed by atoms with Crippen molar-refractivity contribution in [1.29, 1.82) is 10.5 Å². The summed E-state index contributed by atoms with van der Waals surface area (Å²) in [6, 6.07) is 3.00. The maximum atomic E-state index is 10.4. The first-order valence-electron chi connectivity index (χ1n) is 3.24. The molecular formula is C7H2N4O3. The van der Waals surface area contributed by atoms with Crippen LogP contribution in [-0.2, 0) is 0 Å². The first-order valence-corrected chi connectivity index (χ1v) is 3.24. The van der Waals surface area contributed by atoms with Gasteiger partial charge in [0, 0.05) is 0 Å². The molecule has 0 aromatic carbocycles. The normalized spacial score (nSPS) is 8.71. The summed E-state index contributed by atoms with van der Waals surface area (Å²) in [7, 11) is 0. The molecule has 1 heterocycles. The Morgan fingerprint density at radius 2 is 1.71 bits per heavy atom. The molecule has 0 aliphatic heterocycles. The summed E-state index contributed by atoms with van der Waals surface area (Å²) in [6.07, 6.45) is 0. The molecule has 14 heavy (non-hydrogen) atoms. The molecule has 0 fully saturated rings. The van der Waals surface area contributed by atoms with Gasteiger partial charge in [-0.1, -0.05) is 0 Å². The summed E-state index contributed by atoms with van der Waals surface area (Å²) in [5.41, 5.74) is -1.58. The number of carbonyl (C=O) groups is 1. The lowest BCUT2D eigenvalue weighted by Crippen LogP contribution is -2.06. The number of carboxylic acid groups (broad SMARTS) is 1. The van der Waals surface area contributed by atoms with Crippen LogP contribution in [0.5, 0.6) is 5.88 Å². The van der Waals surface area contributed by atoms with Crippen molar-refractivity contribution in [2.45, 2.75) is 0 Å². The smallest absolute Gasteiger partial charge is 0.360 e. The van der Waals surface area contributed by atoms with Gasteiger partial charge in [-0.2, -0.15) is 15.5 Å². The number of aromatic hydroxyl groups is 1. The van der Waals surface area contributed by atoms with Crippen LogP contribution in [0, 0.1) is 22.7 Å². The molecule has 7 heteroatoms. The lowest BCUT2D eigenvalue weighted by atomic mass is 10.3. The summed E-state index contributed by atoms with van der Waals surface area (Å²) in [5.74, 6) is -2.40. The lowest BCUT2D eigenvalue weighted by molar-refractivity contribution is 0.0686. The van der Waals surface area contributed by atoms with Gasteiger partial charge in [-0.3, -0.25) is 0 Å². The molecule has 7 nitrogen and oxygen atoms in total. The van der Waals surface area contributed by atoms with Gasteiger partial charge in [0.25, 0.3) is 0 Å². The van der Waals surface area contributed by atoms with Crippen LogP contribution in [0.3, 0.4) is 0 Å². The van der Waals surface area contributed by atoms with Crippen LogP contribution in [0.15, 0.2) is 0 Å². The molecule has 0 saturated carbocycles. The maximum absolute atomic E-state index is 10.4. The van der Waals surface area contributed by atoms with E-state index < -0.39 is 28.9 Å². The maximum Gasteiger partial charge on any atom is 0.360 e. The molecular weight excluding hydrogens is 188 g/mol. The van der Waals surface area contributed by atoms with E-state index in [-0.39, 0.29) is 0 Å². The van der Waals surface area contributed by atoms with Crippen LogP contribution < -0.4 is 0 Å². The van der Waals surface area contributed by atoms with E-state index in [4.69, 9.17) is 20.7 Å². The number of carboxylic acids is 1. The Balaban J connectivity index is 3.50. The Hall–Kier alpha value is -2.67. The van der Waals surface area contributed by atoms with E-state index in [9.17, 15) is 4.79 Å². The van der Waals surface area contributed by atoms with Gasteiger partial charge in [-0.25, -0.2) is 9.78 Å². The van der Waals surface area contributed by atoms with Crippen molar-refractivity contribution in [3.63, 3.8) is 0 Å².